The van der Waals surface area contributed by atoms with Crippen LogP contribution >= 0.6 is 15.9 Å². The second kappa shape index (κ2) is 5.61. The van der Waals surface area contributed by atoms with Crippen molar-refractivity contribution in [3.05, 3.63) is 39.9 Å². The maximum Gasteiger partial charge on any atom is 0.269 e. The number of nitro benzene ring substituents is 1. The zero-order chi connectivity index (χ0) is 14.0. The number of nitro groups is 1. The van der Waals surface area contributed by atoms with Crippen LogP contribution in [0.5, 0.6) is 0 Å². The van der Waals surface area contributed by atoms with Crippen LogP contribution in [0.3, 0.4) is 0 Å². The van der Waals surface area contributed by atoms with E-state index in [9.17, 15) is 10.1 Å². The Labute approximate surface area is 122 Å². The van der Waals surface area contributed by atoms with Crippen molar-refractivity contribution in [3.63, 3.8) is 0 Å². The fourth-order valence-corrected chi connectivity index (χ4v) is 4.50. The van der Waals surface area contributed by atoms with Crippen LogP contribution in [0.4, 0.5) is 5.69 Å². The molecule has 0 N–H and O–H groups in total. The van der Waals surface area contributed by atoms with Gasteiger partial charge in [0, 0.05) is 17.0 Å². The predicted octanol–water partition coefficient (Wildman–Crippen LogP) is 4.73. The highest BCUT2D eigenvalue weighted by Gasteiger charge is 2.38. The summed E-state index contributed by atoms with van der Waals surface area (Å²) >= 11 is 3.83. The number of hydrogen-bond acceptors (Lipinski definition) is 2. The Morgan fingerprint density at radius 2 is 2.05 bits per heavy atom. The summed E-state index contributed by atoms with van der Waals surface area (Å²) in [6.07, 6.45) is 4.81. The molecule has 104 valence electrons. The van der Waals surface area contributed by atoms with Gasteiger partial charge in [-0.05, 0) is 36.2 Å². The van der Waals surface area contributed by atoms with Crippen molar-refractivity contribution >= 4 is 21.6 Å². The number of alkyl halides is 1. The Bertz CT molecular complexity index is 456. The molecule has 1 aliphatic carbocycles. The molecule has 0 saturated heterocycles. The van der Waals surface area contributed by atoms with Crippen molar-refractivity contribution in [1.29, 1.82) is 0 Å². The summed E-state index contributed by atoms with van der Waals surface area (Å²) in [6, 6.07) is 6.92. The number of nitrogens with zero attached hydrogens (tertiary/aromatic N) is 1. The summed E-state index contributed by atoms with van der Waals surface area (Å²) in [4.78, 5) is 10.7. The molecular weight excluding hydrogens is 306 g/mol. The van der Waals surface area contributed by atoms with Crippen molar-refractivity contribution in [3.8, 4) is 0 Å². The van der Waals surface area contributed by atoms with E-state index in [1.807, 2.05) is 12.1 Å². The molecule has 3 nitrogen and oxygen atoms in total. The van der Waals surface area contributed by atoms with Gasteiger partial charge in [0.15, 0.2) is 0 Å². The van der Waals surface area contributed by atoms with Crippen LogP contribution in [0, 0.1) is 21.4 Å². The van der Waals surface area contributed by atoms with Gasteiger partial charge in [-0.2, -0.15) is 0 Å². The first-order valence-electron chi connectivity index (χ1n) is 6.77. The summed E-state index contributed by atoms with van der Waals surface area (Å²) < 4.78 is 0. The van der Waals surface area contributed by atoms with Gasteiger partial charge in [-0.15, -0.1) is 0 Å². The lowest BCUT2D eigenvalue weighted by atomic mass is 9.79. The van der Waals surface area contributed by atoms with Crippen LogP contribution in [0.25, 0.3) is 0 Å². The van der Waals surface area contributed by atoms with Crippen LogP contribution in [-0.2, 0) is 6.42 Å². The van der Waals surface area contributed by atoms with Gasteiger partial charge in [0.2, 0.25) is 0 Å². The monoisotopic (exact) mass is 325 g/mol. The molecule has 0 spiro atoms. The molecular formula is C15H20BrNO2. The quantitative estimate of drug-likeness (QED) is 0.456. The van der Waals surface area contributed by atoms with Gasteiger partial charge in [0.05, 0.1) is 4.92 Å². The summed E-state index contributed by atoms with van der Waals surface area (Å²) in [6.45, 7) is 4.68. The van der Waals surface area contributed by atoms with Gasteiger partial charge in [0.1, 0.15) is 0 Å². The average Bonchev–Trinajstić information content (AvgIpc) is 2.69. The summed E-state index contributed by atoms with van der Waals surface area (Å²) in [7, 11) is 0. The zero-order valence-electron chi connectivity index (χ0n) is 11.4. The molecule has 0 heterocycles. The SMILES string of the molecule is CC1(C)CCCC1C(Br)Cc1ccc([N+](=O)[O-])cc1. The lowest BCUT2D eigenvalue weighted by Gasteiger charge is -2.31. The van der Waals surface area contributed by atoms with E-state index in [0.29, 0.717) is 16.2 Å². The van der Waals surface area contributed by atoms with E-state index in [2.05, 4.69) is 29.8 Å². The van der Waals surface area contributed by atoms with Gasteiger partial charge in [-0.3, -0.25) is 10.1 Å². The third kappa shape index (κ3) is 3.35. The molecule has 1 aromatic rings. The smallest absolute Gasteiger partial charge is 0.258 e. The van der Waals surface area contributed by atoms with E-state index in [-0.39, 0.29) is 10.6 Å². The van der Waals surface area contributed by atoms with E-state index >= 15 is 0 Å². The predicted molar refractivity (Wildman–Crippen MR) is 80.6 cm³/mol. The fourth-order valence-electron chi connectivity index (χ4n) is 3.15. The number of hydrogen-bond donors (Lipinski definition) is 0. The number of halogens is 1. The Morgan fingerprint density at radius 3 is 2.53 bits per heavy atom. The zero-order valence-corrected chi connectivity index (χ0v) is 13.0. The third-order valence-corrected chi connectivity index (χ3v) is 5.32. The highest BCUT2D eigenvalue weighted by Crippen LogP contribution is 2.47. The first kappa shape index (κ1) is 14.5. The Hall–Kier alpha value is -0.900. The minimum Gasteiger partial charge on any atom is -0.258 e. The summed E-state index contributed by atoms with van der Waals surface area (Å²) in [5.74, 6) is 0.683. The molecule has 4 heteroatoms. The second-order valence-electron chi connectivity index (χ2n) is 6.13. The number of benzene rings is 1. The molecule has 1 fully saturated rings. The fraction of sp³-hybridized carbons (Fsp3) is 0.600. The van der Waals surface area contributed by atoms with Crippen LogP contribution in [0.15, 0.2) is 24.3 Å². The molecule has 0 radical (unpaired) electrons. The van der Waals surface area contributed by atoms with Gasteiger partial charge in [0.25, 0.3) is 5.69 Å². The second-order valence-corrected chi connectivity index (χ2v) is 7.31. The van der Waals surface area contributed by atoms with Crippen LogP contribution < -0.4 is 0 Å². The number of rotatable bonds is 4. The lowest BCUT2D eigenvalue weighted by Crippen LogP contribution is -2.27. The largest absolute Gasteiger partial charge is 0.269 e. The Kier molecular flexibility index (Phi) is 4.29. The first-order valence-corrected chi connectivity index (χ1v) is 7.69. The lowest BCUT2D eigenvalue weighted by molar-refractivity contribution is -0.384. The molecule has 1 saturated carbocycles. The van der Waals surface area contributed by atoms with Crippen LogP contribution in [-0.4, -0.2) is 9.75 Å². The van der Waals surface area contributed by atoms with Crippen molar-refractivity contribution in [2.75, 3.05) is 0 Å². The van der Waals surface area contributed by atoms with Crippen molar-refractivity contribution < 1.29 is 4.92 Å². The highest BCUT2D eigenvalue weighted by molar-refractivity contribution is 9.09. The third-order valence-electron chi connectivity index (χ3n) is 4.35. The Balaban J connectivity index is 2.02. The van der Waals surface area contributed by atoms with E-state index in [4.69, 9.17) is 0 Å². The maximum absolute atomic E-state index is 10.6. The summed E-state index contributed by atoms with van der Waals surface area (Å²) in [5, 5.41) is 10.6. The highest BCUT2D eigenvalue weighted by atomic mass is 79.9. The summed E-state index contributed by atoms with van der Waals surface area (Å²) in [5.41, 5.74) is 1.72. The van der Waals surface area contributed by atoms with Gasteiger partial charge in [-0.1, -0.05) is 48.3 Å². The van der Waals surface area contributed by atoms with Crippen molar-refractivity contribution in [1.82, 2.24) is 0 Å². The van der Waals surface area contributed by atoms with E-state index in [1.165, 1.54) is 19.3 Å². The van der Waals surface area contributed by atoms with Crippen molar-refractivity contribution in [2.45, 2.75) is 44.4 Å². The minimum atomic E-state index is -0.352. The molecule has 2 rings (SSSR count). The molecule has 1 aliphatic rings. The standard InChI is InChI=1S/C15H20BrNO2/c1-15(2)9-3-4-13(15)14(16)10-11-5-7-12(8-6-11)17(18)19/h5-8,13-14H,3-4,9-10H2,1-2H3. The molecule has 0 amide bonds. The molecule has 2 atom stereocenters. The van der Waals surface area contributed by atoms with Gasteiger partial charge in [-0.25, -0.2) is 0 Å². The molecule has 0 bridgehead atoms. The van der Waals surface area contributed by atoms with Crippen LogP contribution in [0.2, 0.25) is 0 Å². The van der Waals surface area contributed by atoms with E-state index in [1.54, 1.807) is 12.1 Å². The van der Waals surface area contributed by atoms with Gasteiger partial charge < -0.3 is 0 Å². The normalized spacial score (nSPS) is 23.2. The van der Waals surface area contributed by atoms with E-state index < -0.39 is 0 Å². The topological polar surface area (TPSA) is 43.1 Å². The molecule has 0 aliphatic heterocycles. The molecule has 19 heavy (non-hydrogen) atoms. The maximum atomic E-state index is 10.6. The van der Waals surface area contributed by atoms with Crippen LogP contribution in [0.1, 0.15) is 38.7 Å². The Morgan fingerprint density at radius 1 is 1.42 bits per heavy atom. The number of non-ortho nitro benzene ring substituents is 1. The average molecular weight is 326 g/mol. The van der Waals surface area contributed by atoms with Crippen molar-refractivity contribution in [2.24, 2.45) is 11.3 Å². The molecule has 2 unspecified atom stereocenters. The van der Waals surface area contributed by atoms with Gasteiger partial charge >= 0.3 is 0 Å². The molecule has 1 aromatic carbocycles. The molecule has 0 aromatic heterocycles. The minimum absolute atomic E-state index is 0.163. The van der Waals surface area contributed by atoms with E-state index in [0.717, 1.165) is 12.0 Å². The first-order chi connectivity index (χ1) is 8.90.